The van der Waals surface area contributed by atoms with Crippen molar-refractivity contribution >= 4 is 27.3 Å². The Hall–Kier alpha value is -0.680. The fourth-order valence-corrected chi connectivity index (χ4v) is 3.17. The molecular formula is C15H18BrNOS. The number of ether oxygens (including phenoxy) is 1. The summed E-state index contributed by atoms with van der Waals surface area (Å²) in [6, 6.07) is 12.2. The van der Waals surface area contributed by atoms with Crippen molar-refractivity contribution in [3.63, 3.8) is 0 Å². The van der Waals surface area contributed by atoms with Gasteiger partial charge in [0, 0.05) is 21.8 Å². The van der Waals surface area contributed by atoms with Crippen LogP contribution in [0.2, 0.25) is 0 Å². The number of hydrogen-bond acceptors (Lipinski definition) is 3. The molecule has 0 saturated heterocycles. The van der Waals surface area contributed by atoms with E-state index in [0.717, 1.165) is 16.5 Å². The molecule has 0 amide bonds. The highest BCUT2D eigenvalue weighted by molar-refractivity contribution is 9.10. The van der Waals surface area contributed by atoms with Crippen molar-refractivity contribution < 1.29 is 4.74 Å². The molecule has 0 bridgehead atoms. The molecule has 2 atom stereocenters. The standard InChI is InChI=1S/C15H18BrNOS/c1-11(17)15(13-6-2-3-7-14(13)16)18-9-8-12-5-4-10-19-12/h2-7,10-11,15H,8-9,17H2,1H3. The summed E-state index contributed by atoms with van der Waals surface area (Å²) in [6.45, 7) is 2.67. The Morgan fingerprint density at radius 2 is 2.05 bits per heavy atom. The molecule has 2 nitrogen and oxygen atoms in total. The van der Waals surface area contributed by atoms with Crippen molar-refractivity contribution in [1.82, 2.24) is 0 Å². The van der Waals surface area contributed by atoms with Gasteiger partial charge >= 0.3 is 0 Å². The van der Waals surface area contributed by atoms with Crippen LogP contribution in [0.15, 0.2) is 46.3 Å². The first kappa shape index (κ1) is 14.7. The van der Waals surface area contributed by atoms with E-state index >= 15 is 0 Å². The van der Waals surface area contributed by atoms with Crippen LogP contribution in [-0.4, -0.2) is 12.6 Å². The maximum Gasteiger partial charge on any atom is 0.0983 e. The van der Waals surface area contributed by atoms with Gasteiger partial charge in [-0.3, -0.25) is 0 Å². The lowest BCUT2D eigenvalue weighted by Crippen LogP contribution is -2.27. The summed E-state index contributed by atoms with van der Waals surface area (Å²) in [4.78, 5) is 1.34. The first-order valence-corrected chi connectivity index (χ1v) is 7.99. The van der Waals surface area contributed by atoms with E-state index in [9.17, 15) is 0 Å². The Kier molecular flexibility index (Phi) is 5.58. The highest BCUT2D eigenvalue weighted by Crippen LogP contribution is 2.28. The Morgan fingerprint density at radius 1 is 1.26 bits per heavy atom. The van der Waals surface area contributed by atoms with Crippen molar-refractivity contribution in [1.29, 1.82) is 0 Å². The first-order chi connectivity index (χ1) is 9.18. The second kappa shape index (κ2) is 7.20. The lowest BCUT2D eigenvalue weighted by atomic mass is 10.0. The Labute approximate surface area is 126 Å². The minimum absolute atomic E-state index is 0.0398. The van der Waals surface area contributed by atoms with Crippen LogP contribution >= 0.6 is 27.3 Å². The number of nitrogens with two attached hydrogens (primary N) is 1. The van der Waals surface area contributed by atoms with Gasteiger partial charge in [0.15, 0.2) is 0 Å². The molecule has 0 saturated carbocycles. The van der Waals surface area contributed by atoms with Crippen LogP contribution in [0.25, 0.3) is 0 Å². The van der Waals surface area contributed by atoms with E-state index in [0.29, 0.717) is 6.61 Å². The average Bonchev–Trinajstić information content (AvgIpc) is 2.89. The molecule has 1 heterocycles. The van der Waals surface area contributed by atoms with Crippen LogP contribution in [0.3, 0.4) is 0 Å². The summed E-state index contributed by atoms with van der Waals surface area (Å²) >= 11 is 5.32. The fourth-order valence-electron chi connectivity index (χ4n) is 1.97. The molecule has 1 aromatic heterocycles. The van der Waals surface area contributed by atoms with Crippen LogP contribution in [0, 0.1) is 0 Å². The maximum absolute atomic E-state index is 6.05. The zero-order valence-electron chi connectivity index (χ0n) is 10.9. The van der Waals surface area contributed by atoms with Crippen molar-refractivity contribution in [2.45, 2.75) is 25.5 Å². The van der Waals surface area contributed by atoms with Gasteiger partial charge in [-0.1, -0.05) is 40.2 Å². The molecule has 2 aromatic rings. The number of benzene rings is 1. The lowest BCUT2D eigenvalue weighted by Gasteiger charge is -2.23. The van der Waals surface area contributed by atoms with Crippen LogP contribution in [0.5, 0.6) is 0 Å². The van der Waals surface area contributed by atoms with Crippen LogP contribution < -0.4 is 5.73 Å². The predicted molar refractivity (Wildman–Crippen MR) is 84.5 cm³/mol. The van der Waals surface area contributed by atoms with Crippen molar-refractivity contribution in [3.05, 3.63) is 56.7 Å². The molecule has 1 aromatic carbocycles. The first-order valence-electron chi connectivity index (χ1n) is 6.32. The molecule has 4 heteroatoms. The van der Waals surface area contributed by atoms with E-state index < -0.39 is 0 Å². The molecule has 2 N–H and O–H groups in total. The Morgan fingerprint density at radius 3 is 2.68 bits per heavy atom. The van der Waals surface area contributed by atoms with Gasteiger partial charge in [-0.2, -0.15) is 0 Å². The van der Waals surface area contributed by atoms with E-state index in [1.165, 1.54) is 4.88 Å². The number of hydrogen-bond donors (Lipinski definition) is 1. The summed E-state index contributed by atoms with van der Waals surface area (Å²) in [7, 11) is 0. The normalized spacial score (nSPS) is 14.3. The molecule has 102 valence electrons. The lowest BCUT2D eigenvalue weighted by molar-refractivity contribution is 0.0401. The van der Waals surface area contributed by atoms with Gasteiger partial charge < -0.3 is 10.5 Å². The number of thiophene rings is 1. The molecule has 2 unspecified atom stereocenters. The highest BCUT2D eigenvalue weighted by Gasteiger charge is 2.19. The summed E-state index contributed by atoms with van der Waals surface area (Å²) < 4.78 is 7.04. The molecule has 0 aliphatic carbocycles. The number of halogens is 1. The summed E-state index contributed by atoms with van der Waals surface area (Å²) in [5.74, 6) is 0. The fraction of sp³-hybridized carbons (Fsp3) is 0.333. The van der Waals surface area contributed by atoms with Crippen molar-refractivity contribution in [3.8, 4) is 0 Å². The third kappa shape index (κ3) is 4.14. The zero-order chi connectivity index (χ0) is 13.7. The van der Waals surface area contributed by atoms with Crippen LogP contribution in [-0.2, 0) is 11.2 Å². The molecule has 19 heavy (non-hydrogen) atoms. The average molecular weight is 340 g/mol. The van der Waals surface area contributed by atoms with Crippen molar-refractivity contribution in [2.75, 3.05) is 6.61 Å². The van der Waals surface area contributed by atoms with Gasteiger partial charge in [0.25, 0.3) is 0 Å². The SMILES string of the molecule is CC(N)C(OCCc1cccs1)c1ccccc1Br. The second-order valence-electron chi connectivity index (χ2n) is 4.50. The maximum atomic E-state index is 6.05. The molecule has 2 rings (SSSR count). The largest absolute Gasteiger partial charge is 0.371 e. The molecule has 0 fully saturated rings. The zero-order valence-corrected chi connectivity index (χ0v) is 13.3. The van der Waals surface area contributed by atoms with Gasteiger partial charge in [0.1, 0.15) is 0 Å². The summed E-state index contributed by atoms with van der Waals surface area (Å²) in [5.41, 5.74) is 7.17. The minimum atomic E-state index is -0.0736. The van der Waals surface area contributed by atoms with E-state index in [-0.39, 0.29) is 12.1 Å². The summed E-state index contributed by atoms with van der Waals surface area (Å²) in [6.07, 6.45) is 0.862. The van der Waals surface area contributed by atoms with Crippen molar-refractivity contribution in [2.24, 2.45) is 5.73 Å². The monoisotopic (exact) mass is 339 g/mol. The quantitative estimate of drug-likeness (QED) is 0.857. The third-order valence-corrected chi connectivity index (χ3v) is 4.57. The van der Waals surface area contributed by atoms with E-state index in [1.54, 1.807) is 11.3 Å². The van der Waals surface area contributed by atoms with Gasteiger partial charge in [-0.05, 0) is 30.0 Å². The van der Waals surface area contributed by atoms with Gasteiger partial charge in [0.05, 0.1) is 12.7 Å². The molecule has 0 aliphatic heterocycles. The minimum Gasteiger partial charge on any atom is -0.371 e. The Balaban J connectivity index is 1.99. The Bertz CT molecular complexity index is 499. The molecular weight excluding hydrogens is 322 g/mol. The topological polar surface area (TPSA) is 35.2 Å². The third-order valence-electron chi connectivity index (χ3n) is 2.92. The van der Waals surface area contributed by atoms with Crippen LogP contribution in [0.4, 0.5) is 0 Å². The summed E-state index contributed by atoms with van der Waals surface area (Å²) in [5, 5.41) is 2.09. The van der Waals surface area contributed by atoms with E-state index in [2.05, 4.69) is 39.5 Å². The van der Waals surface area contributed by atoms with E-state index in [1.807, 2.05) is 25.1 Å². The molecule has 0 spiro atoms. The van der Waals surface area contributed by atoms with Gasteiger partial charge in [-0.25, -0.2) is 0 Å². The van der Waals surface area contributed by atoms with E-state index in [4.69, 9.17) is 10.5 Å². The highest BCUT2D eigenvalue weighted by atomic mass is 79.9. The van der Waals surface area contributed by atoms with Crippen LogP contribution in [0.1, 0.15) is 23.5 Å². The molecule has 0 aliphatic rings. The predicted octanol–water partition coefficient (Wildman–Crippen LogP) is 4.16. The smallest absolute Gasteiger partial charge is 0.0983 e. The number of rotatable bonds is 6. The molecule has 0 radical (unpaired) electrons. The van der Waals surface area contributed by atoms with Gasteiger partial charge in [-0.15, -0.1) is 11.3 Å². The second-order valence-corrected chi connectivity index (χ2v) is 6.39. The van der Waals surface area contributed by atoms with Gasteiger partial charge in [0.2, 0.25) is 0 Å².